The van der Waals surface area contributed by atoms with Gasteiger partial charge in [0.25, 0.3) is 0 Å². The van der Waals surface area contributed by atoms with Gasteiger partial charge in [-0.25, -0.2) is 9.59 Å². The van der Waals surface area contributed by atoms with Gasteiger partial charge in [0.05, 0.1) is 13.2 Å². The zero-order chi connectivity index (χ0) is 45.5. The molecule has 9 heteroatoms. The number of ether oxygens (including phenoxy) is 2. The first kappa shape index (κ1) is 45.7. The van der Waals surface area contributed by atoms with Crippen LogP contribution in [-0.2, 0) is 22.4 Å². The molecule has 4 N–H and O–H groups in total. The minimum atomic E-state index is -1.21. The number of fused-ring (bicyclic) bond motifs is 2. The van der Waals surface area contributed by atoms with E-state index in [2.05, 4.69) is 24.3 Å². The van der Waals surface area contributed by atoms with Crippen molar-refractivity contribution in [1.29, 1.82) is 0 Å². The Bertz CT molecular complexity index is 2490. The van der Waals surface area contributed by atoms with E-state index in [0.29, 0.717) is 75.3 Å². The first-order valence-electron chi connectivity index (χ1n) is 22.2. The van der Waals surface area contributed by atoms with Gasteiger partial charge < -0.3 is 25.4 Å². The van der Waals surface area contributed by atoms with Crippen LogP contribution in [0.15, 0.2) is 169 Å². The van der Waals surface area contributed by atoms with Crippen molar-refractivity contribution < 1.29 is 38.9 Å². The molecule has 1 fully saturated rings. The molecule has 6 aromatic rings. The van der Waals surface area contributed by atoms with Crippen LogP contribution in [0.25, 0.3) is 11.1 Å². The van der Waals surface area contributed by atoms with Crippen molar-refractivity contribution in [1.82, 2.24) is 0 Å². The summed E-state index contributed by atoms with van der Waals surface area (Å²) in [4.78, 5) is 49.2. The highest BCUT2D eigenvalue weighted by Gasteiger charge is 2.36. The lowest BCUT2D eigenvalue weighted by molar-refractivity contribution is -0.133. The number of carbonyl (C=O) groups excluding carboxylic acids is 2. The maximum atomic E-state index is 12.8. The molecule has 9 nitrogen and oxygen atoms in total. The summed E-state index contributed by atoms with van der Waals surface area (Å²) in [5.74, 6) is -2.22. The predicted molar refractivity (Wildman–Crippen MR) is 253 cm³/mol. The number of aryl methyl sites for hydroxylation is 2. The fraction of sp³-hybridized carbons (Fsp3) is 0.214. The minimum Gasteiger partial charge on any atom is -0.494 e. The van der Waals surface area contributed by atoms with E-state index < -0.39 is 23.5 Å². The van der Waals surface area contributed by atoms with Gasteiger partial charge in [-0.1, -0.05) is 141 Å². The average molecular weight is 868 g/mol. The number of benzene rings is 6. The van der Waals surface area contributed by atoms with Crippen LogP contribution in [0.5, 0.6) is 11.5 Å². The molecule has 0 heterocycles. The Morgan fingerprint density at radius 3 is 1.20 bits per heavy atom. The summed E-state index contributed by atoms with van der Waals surface area (Å²) in [6.07, 6.45) is 10.2. The molecule has 1 saturated carbocycles. The van der Waals surface area contributed by atoms with E-state index in [1.807, 2.05) is 97.1 Å². The number of Topliss-reactive ketones (excluding diaryl/α,β-unsaturated/α-hetero) is 2. The minimum absolute atomic E-state index is 0.188. The van der Waals surface area contributed by atoms with E-state index in [1.54, 1.807) is 36.4 Å². The van der Waals surface area contributed by atoms with Gasteiger partial charge in [-0.2, -0.15) is 0 Å². The van der Waals surface area contributed by atoms with Crippen LogP contribution in [0.1, 0.15) is 99.0 Å². The number of rotatable bonds is 14. The Balaban J connectivity index is 0.000000168. The highest BCUT2D eigenvalue weighted by Crippen LogP contribution is 2.40. The van der Waals surface area contributed by atoms with E-state index in [4.69, 9.17) is 15.2 Å². The summed E-state index contributed by atoms with van der Waals surface area (Å²) < 4.78 is 11.6. The van der Waals surface area contributed by atoms with E-state index in [9.17, 15) is 29.4 Å². The normalized spacial score (nSPS) is 14.1. The van der Waals surface area contributed by atoms with Crippen LogP contribution in [0.2, 0.25) is 0 Å². The molecule has 0 aliphatic heterocycles. The Hall–Kier alpha value is -7.36. The van der Waals surface area contributed by atoms with Crippen molar-refractivity contribution in [3.63, 3.8) is 0 Å². The number of aliphatic carboxylic acids is 2. The Morgan fingerprint density at radius 1 is 0.492 bits per heavy atom. The van der Waals surface area contributed by atoms with Gasteiger partial charge in [0.1, 0.15) is 22.6 Å². The second-order valence-electron chi connectivity index (χ2n) is 16.2. The number of hydrogen-bond donors (Lipinski definition) is 3. The molecule has 0 atom stereocenters. The van der Waals surface area contributed by atoms with Gasteiger partial charge in [0.15, 0.2) is 0 Å². The molecule has 0 amide bonds. The average Bonchev–Trinajstić information content (AvgIpc) is 3.81. The first-order valence-corrected chi connectivity index (χ1v) is 22.2. The SMILES string of the molecule is NC1CCCCC1.O=C(O)C1=C(c2ccccc2)c2ccc(OCCCc3ccccc3)cc2C1=O.O=C(O)C1=C(c2ccccc2)c2ccc(OCCCc3ccccc3)cc2C1=O. The van der Waals surface area contributed by atoms with E-state index in [1.165, 1.54) is 43.2 Å². The van der Waals surface area contributed by atoms with Crippen molar-refractivity contribution in [2.45, 2.75) is 63.8 Å². The number of ketones is 2. The second kappa shape index (κ2) is 22.3. The molecule has 3 aliphatic carbocycles. The smallest absolute Gasteiger partial charge is 0.340 e. The fourth-order valence-electron chi connectivity index (χ4n) is 8.38. The van der Waals surface area contributed by atoms with Crippen LogP contribution >= 0.6 is 0 Å². The molecular formula is C56H53NO8. The topological polar surface area (TPSA) is 153 Å². The molecule has 65 heavy (non-hydrogen) atoms. The summed E-state index contributed by atoms with van der Waals surface area (Å²) in [5.41, 5.74) is 12.2. The maximum absolute atomic E-state index is 12.8. The lowest BCUT2D eigenvalue weighted by atomic mass is 9.97. The largest absolute Gasteiger partial charge is 0.494 e. The lowest BCUT2D eigenvalue weighted by Gasteiger charge is -2.15. The number of carboxylic acids is 2. The van der Waals surface area contributed by atoms with Crippen LogP contribution < -0.4 is 15.2 Å². The Labute approximate surface area is 379 Å². The van der Waals surface area contributed by atoms with E-state index >= 15 is 0 Å². The molecule has 0 spiro atoms. The molecule has 0 unspecified atom stereocenters. The van der Waals surface area contributed by atoms with Gasteiger partial charge in [0.2, 0.25) is 11.6 Å². The van der Waals surface area contributed by atoms with Gasteiger partial charge in [-0.3, -0.25) is 9.59 Å². The van der Waals surface area contributed by atoms with E-state index in [-0.39, 0.29) is 11.1 Å². The summed E-state index contributed by atoms with van der Waals surface area (Å²) in [5, 5.41) is 19.3. The molecule has 6 aromatic carbocycles. The standard InChI is InChI=1S/2C25H20O4.C6H13N/c2*26-24-21-16-19(29-15-7-10-17-8-3-1-4-9-17)13-14-20(21)22(23(24)25(27)28)18-11-5-2-6-12-18;7-6-4-2-1-3-5-6/h2*1-6,8-9,11-14,16H,7,10,15H2,(H,27,28);6H,1-5,7H2. The van der Waals surface area contributed by atoms with Crippen LogP contribution in [0.4, 0.5) is 0 Å². The third kappa shape index (κ3) is 11.6. The van der Waals surface area contributed by atoms with Gasteiger partial charge >= 0.3 is 11.9 Å². The summed E-state index contributed by atoms with van der Waals surface area (Å²) >= 11 is 0. The number of carbonyl (C=O) groups is 4. The number of nitrogens with two attached hydrogens (primary N) is 1. The second-order valence-corrected chi connectivity index (χ2v) is 16.2. The van der Waals surface area contributed by atoms with Crippen LogP contribution in [-0.4, -0.2) is 53.0 Å². The zero-order valence-electron chi connectivity index (χ0n) is 36.3. The Morgan fingerprint density at radius 2 is 0.862 bits per heavy atom. The van der Waals surface area contributed by atoms with Crippen molar-refractivity contribution >= 4 is 34.7 Å². The molecular weight excluding hydrogens is 815 g/mol. The van der Waals surface area contributed by atoms with Crippen molar-refractivity contribution in [2.75, 3.05) is 13.2 Å². The molecule has 0 saturated heterocycles. The summed E-state index contributed by atoms with van der Waals surface area (Å²) in [6.45, 7) is 1.04. The third-order valence-electron chi connectivity index (χ3n) is 11.6. The lowest BCUT2D eigenvalue weighted by Crippen LogP contribution is -2.22. The molecule has 3 aliphatic rings. The number of hydrogen-bond acceptors (Lipinski definition) is 7. The number of carboxylic acid groups (broad SMARTS) is 2. The molecule has 330 valence electrons. The molecule has 9 rings (SSSR count). The monoisotopic (exact) mass is 867 g/mol. The molecule has 0 radical (unpaired) electrons. The van der Waals surface area contributed by atoms with Crippen LogP contribution in [0.3, 0.4) is 0 Å². The van der Waals surface area contributed by atoms with Crippen molar-refractivity contribution in [3.05, 3.63) is 213 Å². The zero-order valence-corrected chi connectivity index (χ0v) is 36.3. The first-order chi connectivity index (χ1) is 31.7. The van der Waals surface area contributed by atoms with Crippen LogP contribution in [0, 0.1) is 0 Å². The van der Waals surface area contributed by atoms with E-state index in [0.717, 1.165) is 25.7 Å². The highest BCUT2D eigenvalue weighted by atomic mass is 16.5. The fourth-order valence-corrected chi connectivity index (χ4v) is 8.38. The van der Waals surface area contributed by atoms with Crippen molar-refractivity contribution in [3.8, 4) is 11.5 Å². The van der Waals surface area contributed by atoms with Crippen molar-refractivity contribution in [2.24, 2.45) is 5.73 Å². The maximum Gasteiger partial charge on any atom is 0.340 e. The Kier molecular flexibility index (Phi) is 15.7. The summed E-state index contributed by atoms with van der Waals surface area (Å²) in [6, 6.07) is 49.6. The quantitative estimate of drug-likeness (QED) is 0.0717. The van der Waals surface area contributed by atoms with Gasteiger partial charge in [0, 0.05) is 28.3 Å². The molecule has 0 bridgehead atoms. The van der Waals surface area contributed by atoms with Gasteiger partial charge in [-0.05, 0) is 108 Å². The molecule has 0 aromatic heterocycles. The third-order valence-corrected chi connectivity index (χ3v) is 11.6. The highest BCUT2D eigenvalue weighted by molar-refractivity contribution is 6.35. The van der Waals surface area contributed by atoms with Gasteiger partial charge in [-0.15, -0.1) is 0 Å². The predicted octanol–water partition coefficient (Wildman–Crippen LogP) is 10.8. The summed E-state index contributed by atoms with van der Waals surface area (Å²) in [7, 11) is 0.